The Morgan fingerprint density at radius 2 is 1.97 bits per heavy atom. The lowest BCUT2D eigenvalue weighted by molar-refractivity contribution is -0.156. The van der Waals surface area contributed by atoms with Crippen LogP contribution in [0.15, 0.2) is 30.4 Å². The van der Waals surface area contributed by atoms with E-state index in [-0.39, 0.29) is 36.9 Å². The van der Waals surface area contributed by atoms with Crippen molar-refractivity contribution in [3.63, 3.8) is 0 Å². The Kier molecular flexibility index (Phi) is 7.72. The van der Waals surface area contributed by atoms with Crippen molar-refractivity contribution < 1.29 is 24.1 Å². The van der Waals surface area contributed by atoms with Crippen LogP contribution in [0.2, 0.25) is 0 Å². The molecule has 0 aliphatic carbocycles. The summed E-state index contributed by atoms with van der Waals surface area (Å²) in [5, 5.41) is 10.2. The van der Waals surface area contributed by atoms with Crippen molar-refractivity contribution >= 4 is 5.97 Å². The van der Waals surface area contributed by atoms with Crippen LogP contribution in [0.1, 0.15) is 39.7 Å². The van der Waals surface area contributed by atoms with E-state index in [0.29, 0.717) is 6.54 Å². The molecule has 1 aliphatic rings. The van der Waals surface area contributed by atoms with Crippen LogP contribution in [0, 0.1) is 11.8 Å². The summed E-state index contributed by atoms with van der Waals surface area (Å²) >= 11 is 0. The molecule has 1 N–H and O–H groups in total. The maximum absolute atomic E-state index is 12.5. The van der Waals surface area contributed by atoms with Gasteiger partial charge in [0.25, 0.3) is 0 Å². The lowest BCUT2D eigenvalue weighted by Gasteiger charge is -2.28. The Morgan fingerprint density at radius 3 is 2.48 bits per heavy atom. The first-order valence-corrected chi connectivity index (χ1v) is 10.0. The van der Waals surface area contributed by atoms with Gasteiger partial charge in [-0.05, 0) is 45.6 Å². The number of carbonyl (C=O) groups excluding carboxylic acids is 1. The second kappa shape index (κ2) is 9.63. The van der Waals surface area contributed by atoms with Gasteiger partial charge in [-0.3, -0.25) is 9.69 Å². The van der Waals surface area contributed by atoms with Crippen molar-refractivity contribution in [3.8, 4) is 11.5 Å². The van der Waals surface area contributed by atoms with E-state index in [1.54, 1.807) is 14.2 Å². The first kappa shape index (κ1) is 23.2. The molecular weight excluding hydrogens is 370 g/mol. The number of esters is 1. The highest BCUT2D eigenvalue weighted by Crippen LogP contribution is 2.38. The summed E-state index contributed by atoms with van der Waals surface area (Å²) in [6.07, 6.45) is 0.260. The van der Waals surface area contributed by atoms with Gasteiger partial charge in [0.1, 0.15) is 17.1 Å². The van der Waals surface area contributed by atoms with Crippen molar-refractivity contribution in [2.45, 2.75) is 52.3 Å². The van der Waals surface area contributed by atoms with Crippen LogP contribution in [-0.2, 0) is 16.1 Å². The minimum absolute atomic E-state index is 0.0320. The van der Waals surface area contributed by atoms with Gasteiger partial charge in [-0.2, -0.15) is 0 Å². The third-order valence-electron chi connectivity index (χ3n) is 5.42. The number of rotatable bonds is 8. The van der Waals surface area contributed by atoms with Gasteiger partial charge in [0.05, 0.1) is 27.2 Å². The molecule has 0 spiro atoms. The molecule has 0 radical (unpaired) electrons. The number of hydrogen-bond acceptors (Lipinski definition) is 6. The van der Waals surface area contributed by atoms with Gasteiger partial charge >= 0.3 is 5.97 Å². The fraction of sp³-hybridized carbons (Fsp3) is 0.609. The van der Waals surface area contributed by atoms with E-state index in [9.17, 15) is 9.90 Å². The zero-order valence-electron chi connectivity index (χ0n) is 18.5. The summed E-state index contributed by atoms with van der Waals surface area (Å²) in [5.41, 5.74) is 1.49. The summed E-state index contributed by atoms with van der Waals surface area (Å²) in [6, 6.07) is 5.57. The number of nitrogens with zero attached hydrogens (tertiary/aromatic N) is 1. The normalized spacial score (nSPS) is 22.4. The summed E-state index contributed by atoms with van der Waals surface area (Å²) < 4.78 is 16.3. The average Bonchev–Trinajstić information content (AvgIpc) is 2.97. The summed E-state index contributed by atoms with van der Waals surface area (Å²) in [7, 11) is 3.25. The Hall–Kier alpha value is -2.05. The van der Waals surface area contributed by atoms with E-state index >= 15 is 0 Å². The van der Waals surface area contributed by atoms with Crippen LogP contribution < -0.4 is 9.47 Å². The standard InChI is InChI=1S/C23H35NO5/c1-15(2)19-13-24(12-16-8-9-17(27-6)10-21(16)28-7)20(14-25)18(19)11-22(26)29-23(3,4)5/h8-10,18-20,25H,1,11-14H2,2-7H3/t18-,19+,20+/m0/s1. The van der Waals surface area contributed by atoms with Crippen molar-refractivity contribution in [1.82, 2.24) is 4.90 Å². The second-order valence-corrected chi connectivity index (χ2v) is 8.76. The number of methoxy groups -OCH3 is 2. The highest BCUT2D eigenvalue weighted by Gasteiger charge is 2.43. The molecule has 162 valence electrons. The Labute approximate surface area is 174 Å². The maximum atomic E-state index is 12.5. The lowest BCUT2D eigenvalue weighted by atomic mass is 9.84. The van der Waals surface area contributed by atoms with Crippen LogP contribution in [0.25, 0.3) is 0 Å². The highest BCUT2D eigenvalue weighted by atomic mass is 16.6. The summed E-state index contributed by atoms with van der Waals surface area (Å²) in [5.74, 6) is 1.30. The smallest absolute Gasteiger partial charge is 0.306 e. The van der Waals surface area contributed by atoms with Crippen molar-refractivity contribution in [2.75, 3.05) is 27.4 Å². The number of benzene rings is 1. The van der Waals surface area contributed by atoms with E-state index in [2.05, 4.69) is 11.5 Å². The molecule has 1 aromatic rings. The van der Waals surface area contributed by atoms with Gasteiger partial charge in [-0.15, -0.1) is 0 Å². The minimum atomic E-state index is -0.529. The highest BCUT2D eigenvalue weighted by molar-refractivity contribution is 5.70. The van der Waals surface area contributed by atoms with E-state index in [1.165, 1.54) is 0 Å². The SMILES string of the molecule is C=C(C)[C@H]1CN(Cc2ccc(OC)cc2OC)[C@H](CO)[C@H]1CC(=O)OC(C)(C)C. The molecule has 1 saturated heterocycles. The van der Waals surface area contributed by atoms with Crippen LogP contribution in [0.4, 0.5) is 0 Å². The molecule has 6 heteroatoms. The quantitative estimate of drug-likeness (QED) is 0.528. The first-order chi connectivity index (χ1) is 13.6. The van der Waals surface area contributed by atoms with Gasteiger partial charge in [0.2, 0.25) is 0 Å². The Balaban J connectivity index is 2.23. The lowest BCUT2D eigenvalue weighted by Crippen LogP contribution is -2.37. The minimum Gasteiger partial charge on any atom is -0.497 e. The average molecular weight is 406 g/mol. The largest absolute Gasteiger partial charge is 0.497 e. The van der Waals surface area contributed by atoms with Crippen LogP contribution >= 0.6 is 0 Å². The van der Waals surface area contributed by atoms with E-state index in [0.717, 1.165) is 29.2 Å². The zero-order valence-corrected chi connectivity index (χ0v) is 18.5. The fourth-order valence-corrected chi connectivity index (χ4v) is 4.07. The van der Waals surface area contributed by atoms with Crippen molar-refractivity contribution in [1.29, 1.82) is 0 Å². The van der Waals surface area contributed by atoms with Gasteiger partial charge < -0.3 is 19.3 Å². The number of likely N-dealkylation sites (tertiary alicyclic amines) is 1. The second-order valence-electron chi connectivity index (χ2n) is 8.76. The number of aliphatic hydroxyl groups excluding tert-OH is 1. The molecule has 6 nitrogen and oxygen atoms in total. The number of hydrogen-bond donors (Lipinski definition) is 1. The molecule has 0 bridgehead atoms. The molecule has 1 heterocycles. The summed E-state index contributed by atoms with van der Waals surface area (Å²) in [4.78, 5) is 14.7. The zero-order chi connectivity index (χ0) is 21.8. The van der Waals surface area contributed by atoms with Crippen LogP contribution in [-0.4, -0.2) is 55.0 Å². The topological polar surface area (TPSA) is 68.2 Å². The maximum Gasteiger partial charge on any atom is 0.306 e. The van der Waals surface area contributed by atoms with Gasteiger partial charge in [0.15, 0.2) is 0 Å². The molecule has 29 heavy (non-hydrogen) atoms. The molecule has 1 fully saturated rings. The van der Waals surface area contributed by atoms with E-state index in [4.69, 9.17) is 14.2 Å². The van der Waals surface area contributed by atoms with Crippen molar-refractivity contribution in [2.24, 2.45) is 11.8 Å². The molecule has 0 unspecified atom stereocenters. The fourth-order valence-electron chi connectivity index (χ4n) is 4.07. The Bertz CT molecular complexity index is 724. The summed E-state index contributed by atoms with van der Waals surface area (Å²) in [6.45, 7) is 13.0. The molecule has 2 rings (SSSR count). The predicted octanol–water partition coefficient (Wildman–Crippen LogP) is 3.42. The third kappa shape index (κ3) is 5.97. The molecule has 0 saturated carbocycles. The first-order valence-electron chi connectivity index (χ1n) is 10.0. The molecule has 0 aromatic heterocycles. The molecule has 0 amide bonds. The molecule has 1 aromatic carbocycles. The van der Waals surface area contributed by atoms with E-state index in [1.807, 2.05) is 45.9 Å². The number of ether oxygens (including phenoxy) is 3. The van der Waals surface area contributed by atoms with Gasteiger partial charge in [0, 0.05) is 30.8 Å². The van der Waals surface area contributed by atoms with Crippen LogP contribution in [0.5, 0.6) is 11.5 Å². The third-order valence-corrected chi connectivity index (χ3v) is 5.42. The van der Waals surface area contributed by atoms with E-state index < -0.39 is 5.60 Å². The van der Waals surface area contributed by atoms with Gasteiger partial charge in [-0.1, -0.05) is 18.2 Å². The van der Waals surface area contributed by atoms with Gasteiger partial charge in [-0.25, -0.2) is 0 Å². The molecular formula is C23H35NO5. The number of carbonyl (C=O) groups is 1. The predicted molar refractivity (Wildman–Crippen MR) is 113 cm³/mol. The Morgan fingerprint density at radius 1 is 1.28 bits per heavy atom. The molecule has 3 atom stereocenters. The number of aliphatic hydroxyl groups is 1. The van der Waals surface area contributed by atoms with Crippen LogP contribution in [0.3, 0.4) is 0 Å². The molecule has 1 aliphatic heterocycles. The van der Waals surface area contributed by atoms with Crippen molar-refractivity contribution in [3.05, 3.63) is 35.9 Å². The monoisotopic (exact) mass is 405 g/mol.